The van der Waals surface area contributed by atoms with Crippen molar-refractivity contribution in [3.8, 4) is 23.3 Å². The summed E-state index contributed by atoms with van der Waals surface area (Å²) >= 11 is 0. The topological polar surface area (TPSA) is 84.2 Å². The van der Waals surface area contributed by atoms with Crippen molar-refractivity contribution < 1.29 is 13.6 Å². The van der Waals surface area contributed by atoms with Crippen LogP contribution in [0.2, 0.25) is 0 Å². The second-order valence-corrected chi connectivity index (χ2v) is 4.47. The van der Waals surface area contributed by atoms with Gasteiger partial charge in [-0.1, -0.05) is 0 Å². The molecule has 0 radical (unpaired) electrons. The summed E-state index contributed by atoms with van der Waals surface area (Å²) in [5.74, 6) is 2.18. The molecule has 6 heteroatoms. The van der Waals surface area contributed by atoms with Crippen molar-refractivity contribution in [1.29, 1.82) is 5.26 Å². The molecule has 110 valence electrons. The fraction of sp³-hybridized carbons (Fsp3) is 0.125. The van der Waals surface area contributed by atoms with E-state index in [1.165, 1.54) is 0 Å². The largest absolute Gasteiger partial charge is 0.497 e. The van der Waals surface area contributed by atoms with E-state index >= 15 is 0 Å². The number of furan rings is 1. The summed E-state index contributed by atoms with van der Waals surface area (Å²) in [6, 6.07) is 12.9. The van der Waals surface area contributed by atoms with Gasteiger partial charge in [0.25, 0.3) is 0 Å². The molecule has 2 heterocycles. The molecule has 2 aromatic heterocycles. The standard InChI is InChI=1S/C16H13N3O3/c1-20-12-6-4-11(5-7-12)15-19-14(9-17)16(22-15)18-10-13-3-2-8-21-13/h2-8,18H,10H2,1H3. The first kappa shape index (κ1) is 13.8. The van der Waals surface area contributed by atoms with Crippen molar-refractivity contribution in [3.05, 3.63) is 54.1 Å². The van der Waals surface area contributed by atoms with Gasteiger partial charge in [0.05, 0.1) is 19.9 Å². The summed E-state index contributed by atoms with van der Waals surface area (Å²) < 4.78 is 16.0. The zero-order chi connectivity index (χ0) is 15.4. The number of methoxy groups -OCH3 is 1. The summed E-state index contributed by atoms with van der Waals surface area (Å²) in [6.45, 7) is 0.416. The monoisotopic (exact) mass is 295 g/mol. The van der Waals surface area contributed by atoms with Crippen LogP contribution in [-0.2, 0) is 6.54 Å². The number of oxazole rings is 1. The Bertz CT molecular complexity index is 783. The minimum Gasteiger partial charge on any atom is -0.497 e. The molecule has 0 saturated heterocycles. The van der Waals surface area contributed by atoms with Crippen LogP contribution in [0.25, 0.3) is 11.5 Å². The van der Waals surface area contributed by atoms with E-state index in [1.807, 2.05) is 36.4 Å². The van der Waals surface area contributed by atoms with Gasteiger partial charge in [0.1, 0.15) is 17.6 Å². The van der Waals surface area contributed by atoms with Gasteiger partial charge in [-0.05, 0) is 36.4 Å². The van der Waals surface area contributed by atoms with E-state index in [-0.39, 0.29) is 5.69 Å². The van der Waals surface area contributed by atoms with Crippen LogP contribution in [0.3, 0.4) is 0 Å². The lowest BCUT2D eigenvalue weighted by atomic mass is 10.2. The van der Waals surface area contributed by atoms with Crippen LogP contribution in [0.5, 0.6) is 5.75 Å². The van der Waals surface area contributed by atoms with Crippen LogP contribution in [0.4, 0.5) is 5.88 Å². The molecule has 0 aliphatic carbocycles. The Hall–Kier alpha value is -3.20. The van der Waals surface area contributed by atoms with E-state index < -0.39 is 0 Å². The lowest BCUT2D eigenvalue weighted by molar-refractivity contribution is 0.415. The molecule has 3 rings (SSSR count). The molecular formula is C16H13N3O3. The molecule has 3 aromatic rings. The van der Waals surface area contributed by atoms with Gasteiger partial charge in [-0.3, -0.25) is 0 Å². The molecule has 0 saturated carbocycles. The van der Waals surface area contributed by atoms with Crippen LogP contribution in [-0.4, -0.2) is 12.1 Å². The Morgan fingerprint density at radius 2 is 2.09 bits per heavy atom. The number of hydrogen-bond acceptors (Lipinski definition) is 6. The van der Waals surface area contributed by atoms with E-state index in [0.717, 1.165) is 17.1 Å². The zero-order valence-electron chi connectivity index (χ0n) is 11.9. The third-order valence-corrected chi connectivity index (χ3v) is 3.07. The van der Waals surface area contributed by atoms with E-state index in [9.17, 15) is 0 Å². The number of nitrogens with zero attached hydrogens (tertiary/aromatic N) is 2. The first-order valence-electron chi connectivity index (χ1n) is 6.62. The van der Waals surface area contributed by atoms with Gasteiger partial charge in [-0.25, -0.2) is 0 Å². The van der Waals surface area contributed by atoms with Gasteiger partial charge in [-0.2, -0.15) is 10.2 Å². The highest BCUT2D eigenvalue weighted by Crippen LogP contribution is 2.27. The van der Waals surface area contributed by atoms with Crippen LogP contribution in [0, 0.1) is 11.3 Å². The number of anilines is 1. The molecule has 0 fully saturated rings. The molecule has 0 amide bonds. The minimum atomic E-state index is 0.206. The van der Waals surface area contributed by atoms with Crippen LogP contribution >= 0.6 is 0 Å². The molecule has 6 nitrogen and oxygen atoms in total. The minimum absolute atomic E-state index is 0.206. The third-order valence-electron chi connectivity index (χ3n) is 3.07. The third kappa shape index (κ3) is 2.79. The highest BCUT2D eigenvalue weighted by molar-refractivity contribution is 5.59. The van der Waals surface area contributed by atoms with Crippen molar-refractivity contribution in [1.82, 2.24) is 4.98 Å². The van der Waals surface area contributed by atoms with E-state index in [4.69, 9.17) is 18.8 Å². The van der Waals surface area contributed by atoms with Gasteiger partial charge in [0.2, 0.25) is 17.5 Å². The second kappa shape index (κ2) is 6.06. The Labute approximate surface area is 127 Å². The maximum atomic E-state index is 9.16. The van der Waals surface area contributed by atoms with Gasteiger partial charge < -0.3 is 18.9 Å². The van der Waals surface area contributed by atoms with E-state index in [2.05, 4.69) is 10.3 Å². The summed E-state index contributed by atoms with van der Waals surface area (Å²) in [7, 11) is 1.60. The van der Waals surface area contributed by atoms with Gasteiger partial charge in [0, 0.05) is 5.56 Å². The van der Waals surface area contributed by atoms with E-state index in [1.54, 1.807) is 19.4 Å². The maximum Gasteiger partial charge on any atom is 0.232 e. The second-order valence-electron chi connectivity index (χ2n) is 4.47. The predicted molar refractivity (Wildman–Crippen MR) is 79.2 cm³/mol. The van der Waals surface area contributed by atoms with Crippen LogP contribution in [0.1, 0.15) is 11.5 Å². The molecule has 0 bridgehead atoms. The highest BCUT2D eigenvalue weighted by atomic mass is 16.5. The number of hydrogen-bond donors (Lipinski definition) is 1. The summed E-state index contributed by atoms with van der Waals surface area (Å²) in [6.07, 6.45) is 1.59. The molecule has 1 N–H and O–H groups in total. The number of aromatic nitrogens is 1. The van der Waals surface area contributed by atoms with Crippen molar-refractivity contribution in [2.45, 2.75) is 6.54 Å². The average Bonchev–Trinajstić information content (AvgIpc) is 3.22. The van der Waals surface area contributed by atoms with Gasteiger partial charge in [-0.15, -0.1) is 0 Å². The van der Waals surface area contributed by atoms with Crippen LogP contribution in [0.15, 0.2) is 51.5 Å². The number of nitrogens with one attached hydrogen (secondary N) is 1. The lowest BCUT2D eigenvalue weighted by Gasteiger charge is -2.00. The van der Waals surface area contributed by atoms with E-state index in [0.29, 0.717) is 18.3 Å². The normalized spacial score (nSPS) is 10.2. The van der Waals surface area contributed by atoms with Crippen molar-refractivity contribution >= 4 is 5.88 Å². The molecule has 0 aliphatic heterocycles. The first-order chi connectivity index (χ1) is 10.8. The van der Waals surface area contributed by atoms with Gasteiger partial charge in [0.15, 0.2) is 0 Å². The molecule has 22 heavy (non-hydrogen) atoms. The summed E-state index contributed by atoms with van der Waals surface area (Å²) in [4.78, 5) is 4.19. The van der Waals surface area contributed by atoms with Crippen molar-refractivity contribution in [2.75, 3.05) is 12.4 Å². The molecule has 0 aliphatic rings. The van der Waals surface area contributed by atoms with Gasteiger partial charge >= 0.3 is 0 Å². The molecule has 1 aromatic carbocycles. The number of rotatable bonds is 5. The summed E-state index contributed by atoms with van der Waals surface area (Å²) in [5, 5.41) is 12.2. The quantitative estimate of drug-likeness (QED) is 0.776. The molecule has 0 unspecified atom stereocenters. The first-order valence-corrected chi connectivity index (χ1v) is 6.62. The number of benzene rings is 1. The molecular weight excluding hydrogens is 282 g/mol. The fourth-order valence-electron chi connectivity index (χ4n) is 1.95. The zero-order valence-corrected chi connectivity index (χ0v) is 11.9. The fourth-order valence-corrected chi connectivity index (χ4v) is 1.95. The Morgan fingerprint density at radius 1 is 1.27 bits per heavy atom. The predicted octanol–water partition coefficient (Wildman–Crippen LogP) is 3.43. The summed E-state index contributed by atoms with van der Waals surface area (Å²) in [5.41, 5.74) is 0.973. The average molecular weight is 295 g/mol. The van der Waals surface area contributed by atoms with Crippen molar-refractivity contribution in [3.63, 3.8) is 0 Å². The Morgan fingerprint density at radius 3 is 2.73 bits per heavy atom. The smallest absolute Gasteiger partial charge is 0.232 e. The molecule has 0 spiro atoms. The lowest BCUT2D eigenvalue weighted by Crippen LogP contribution is -1.98. The Kier molecular flexibility index (Phi) is 3.79. The SMILES string of the molecule is COc1ccc(-c2nc(C#N)c(NCc3ccco3)o2)cc1. The Balaban J connectivity index is 1.82. The number of nitriles is 1. The highest BCUT2D eigenvalue weighted by Gasteiger charge is 2.14. The molecule has 0 atom stereocenters. The maximum absolute atomic E-state index is 9.16. The number of ether oxygens (including phenoxy) is 1. The van der Waals surface area contributed by atoms with Crippen molar-refractivity contribution in [2.24, 2.45) is 0 Å². The van der Waals surface area contributed by atoms with Crippen LogP contribution < -0.4 is 10.1 Å².